The van der Waals surface area contributed by atoms with Crippen molar-refractivity contribution >= 4 is 74.0 Å². The van der Waals surface area contributed by atoms with Crippen LogP contribution in [-0.2, 0) is 16.0 Å². The smallest absolute Gasteiger partial charge is 0.266 e. The van der Waals surface area contributed by atoms with E-state index in [-0.39, 0.29) is 11.8 Å². The molecule has 0 radical (unpaired) electrons. The molecule has 2 amide bonds. The van der Waals surface area contributed by atoms with Gasteiger partial charge in [-0.1, -0.05) is 55.2 Å². The summed E-state index contributed by atoms with van der Waals surface area (Å²) in [5.41, 5.74) is 0. The normalized spacial score (nSPS) is 15.8. The van der Waals surface area contributed by atoms with Crippen molar-refractivity contribution in [2.24, 2.45) is 5.92 Å². The molecule has 0 unspecified atom stereocenters. The molecular weight excluding hydrogens is 432 g/mol. The van der Waals surface area contributed by atoms with Crippen molar-refractivity contribution in [3.05, 3.63) is 32.3 Å². The highest BCUT2D eigenvalue weighted by molar-refractivity contribution is 8.26. The largest absolute Gasteiger partial charge is 0.301 e. The van der Waals surface area contributed by atoms with Crippen molar-refractivity contribution in [1.29, 1.82) is 0 Å². The number of rotatable bonds is 8. The van der Waals surface area contributed by atoms with Gasteiger partial charge in [-0.2, -0.15) is 0 Å². The quantitative estimate of drug-likeness (QED) is 0.472. The Labute approximate surface area is 181 Å². The van der Waals surface area contributed by atoms with Gasteiger partial charge in [-0.3, -0.25) is 14.5 Å². The predicted molar refractivity (Wildman–Crippen MR) is 121 cm³/mol. The molecule has 1 aliphatic rings. The Hall–Kier alpha value is -1.62. The minimum atomic E-state index is -0.133. The van der Waals surface area contributed by atoms with Gasteiger partial charge in [-0.25, -0.2) is 0 Å². The lowest BCUT2D eigenvalue weighted by Crippen LogP contribution is -2.29. The lowest BCUT2D eigenvalue weighted by molar-refractivity contribution is -0.122. The van der Waals surface area contributed by atoms with Gasteiger partial charge < -0.3 is 5.32 Å². The summed E-state index contributed by atoms with van der Waals surface area (Å²) in [6.07, 6.45) is 3.53. The summed E-state index contributed by atoms with van der Waals surface area (Å²) in [5, 5.41) is 14.3. The first-order valence-electron chi connectivity index (χ1n) is 8.83. The fourth-order valence-electron chi connectivity index (χ4n) is 2.51. The van der Waals surface area contributed by atoms with Gasteiger partial charge in [-0.15, -0.1) is 21.5 Å². The number of nitrogens with zero attached hydrogens (tertiary/aromatic N) is 3. The summed E-state index contributed by atoms with van der Waals surface area (Å²) in [5.74, 6) is 0.271. The number of thioether (sulfide) groups is 1. The molecule has 2 aromatic heterocycles. The van der Waals surface area contributed by atoms with E-state index in [2.05, 4.69) is 29.4 Å². The third-order valence-electron chi connectivity index (χ3n) is 3.77. The number of thiocarbonyl (C=S) groups is 1. The summed E-state index contributed by atoms with van der Waals surface area (Å²) in [4.78, 5) is 27.9. The number of anilines is 1. The highest BCUT2D eigenvalue weighted by Crippen LogP contribution is 2.33. The van der Waals surface area contributed by atoms with Gasteiger partial charge in [0.25, 0.3) is 5.91 Å². The van der Waals surface area contributed by atoms with E-state index in [1.165, 1.54) is 23.1 Å². The van der Waals surface area contributed by atoms with Crippen LogP contribution in [0.2, 0.25) is 0 Å². The molecule has 0 spiro atoms. The molecule has 1 aliphatic heterocycles. The van der Waals surface area contributed by atoms with Gasteiger partial charge in [0.15, 0.2) is 0 Å². The van der Waals surface area contributed by atoms with Crippen molar-refractivity contribution in [3.8, 4) is 0 Å². The van der Waals surface area contributed by atoms with Crippen molar-refractivity contribution in [2.45, 2.75) is 33.1 Å². The maximum atomic E-state index is 12.5. The lowest BCUT2D eigenvalue weighted by atomic mass is 10.1. The Kier molecular flexibility index (Phi) is 7.33. The van der Waals surface area contributed by atoms with Gasteiger partial charge in [0.1, 0.15) is 9.33 Å². The number of hydrogen-bond acceptors (Lipinski definition) is 8. The first-order chi connectivity index (χ1) is 13.4. The van der Waals surface area contributed by atoms with Crippen LogP contribution >= 0.6 is 46.7 Å². The molecule has 0 atom stereocenters. The Morgan fingerprint density at radius 3 is 2.93 bits per heavy atom. The monoisotopic (exact) mass is 452 g/mol. The van der Waals surface area contributed by atoms with E-state index in [1.54, 1.807) is 16.2 Å². The SMILES string of the molecule is CC(C)Cc1nnc(NC(=O)CCCN2C(=O)/C(=C\c3cccs3)SC2=S)s1. The van der Waals surface area contributed by atoms with Crippen molar-refractivity contribution in [3.63, 3.8) is 0 Å². The number of thiophene rings is 1. The summed E-state index contributed by atoms with van der Waals surface area (Å²) in [6, 6.07) is 3.90. The van der Waals surface area contributed by atoms with Gasteiger partial charge in [0.05, 0.1) is 4.91 Å². The number of carbonyl (C=O) groups excluding carboxylic acids is 2. The molecule has 0 aromatic carbocycles. The molecule has 6 nitrogen and oxygen atoms in total. The molecule has 148 valence electrons. The van der Waals surface area contributed by atoms with Gasteiger partial charge in [0, 0.05) is 24.3 Å². The van der Waals surface area contributed by atoms with Crippen LogP contribution in [0, 0.1) is 5.92 Å². The molecule has 28 heavy (non-hydrogen) atoms. The molecule has 2 aromatic rings. The lowest BCUT2D eigenvalue weighted by Gasteiger charge is -2.13. The molecule has 3 rings (SSSR count). The van der Waals surface area contributed by atoms with Crippen LogP contribution in [0.3, 0.4) is 0 Å². The van der Waals surface area contributed by atoms with Crippen molar-refractivity contribution in [1.82, 2.24) is 15.1 Å². The Balaban J connectivity index is 1.46. The highest BCUT2D eigenvalue weighted by atomic mass is 32.2. The average Bonchev–Trinajstić information content (AvgIpc) is 3.33. The second-order valence-electron chi connectivity index (χ2n) is 6.60. The summed E-state index contributed by atoms with van der Waals surface area (Å²) < 4.78 is 0.538. The zero-order valence-electron chi connectivity index (χ0n) is 15.5. The molecule has 0 bridgehead atoms. The third-order valence-corrected chi connectivity index (χ3v) is 6.83. The first kappa shape index (κ1) is 21.1. The first-order valence-corrected chi connectivity index (χ1v) is 11.8. The maximum absolute atomic E-state index is 12.5. The minimum absolute atomic E-state index is 0.0914. The van der Waals surface area contributed by atoms with Crippen LogP contribution < -0.4 is 5.32 Å². The van der Waals surface area contributed by atoms with Crippen LogP contribution in [0.4, 0.5) is 5.13 Å². The van der Waals surface area contributed by atoms with Crippen LogP contribution in [0.1, 0.15) is 36.6 Å². The number of aromatic nitrogens is 2. The molecule has 3 heterocycles. The molecule has 0 saturated carbocycles. The second-order valence-corrected chi connectivity index (χ2v) is 10.3. The molecular formula is C18H20N4O2S4. The zero-order valence-corrected chi connectivity index (χ0v) is 18.8. The van der Waals surface area contributed by atoms with Crippen LogP contribution in [0.25, 0.3) is 6.08 Å². The number of carbonyl (C=O) groups is 2. The Bertz CT molecular complexity index is 889. The van der Waals surface area contributed by atoms with Crippen molar-refractivity contribution in [2.75, 3.05) is 11.9 Å². The third kappa shape index (κ3) is 5.69. The van der Waals surface area contributed by atoms with E-state index in [9.17, 15) is 9.59 Å². The van der Waals surface area contributed by atoms with Gasteiger partial charge in [-0.05, 0) is 29.9 Å². The highest BCUT2D eigenvalue weighted by Gasteiger charge is 2.31. The Morgan fingerprint density at radius 1 is 1.39 bits per heavy atom. The maximum Gasteiger partial charge on any atom is 0.266 e. The zero-order chi connectivity index (χ0) is 20.1. The predicted octanol–water partition coefficient (Wildman–Crippen LogP) is 4.42. The van der Waals surface area contributed by atoms with E-state index in [4.69, 9.17) is 12.2 Å². The van der Waals surface area contributed by atoms with E-state index in [1.807, 2.05) is 23.6 Å². The van der Waals surface area contributed by atoms with E-state index in [0.29, 0.717) is 39.7 Å². The molecule has 10 heteroatoms. The van der Waals surface area contributed by atoms with Gasteiger partial charge in [0.2, 0.25) is 11.0 Å². The summed E-state index contributed by atoms with van der Waals surface area (Å²) in [6.45, 7) is 4.65. The molecule has 1 N–H and O–H groups in total. The minimum Gasteiger partial charge on any atom is -0.301 e. The topological polar surface area (TPSA) is 75.2 Å². The molecule has 0 aliphatic carbocycles. The van der Waals surface area contributed by atoms with Crippen LogP contribution in [-0.4, -0.2) is 37.8 Å². The van der Waals surface area contributed by atoms with E-state index >= 15 is 0 Å². The fourth-order valence-corrected chi connectivity index (χ4v) is 5.51. The van der Waals surface area contributed by atoms with Crippen LogP contribution in [0.15, 0.2) is 22.4 Å². The summed E-state index contributed by atoms with van der Waals surface area (Å²) >= 11 is 9.61. The standard InChI is InChI=1S/C18H20N4O2S4/c1-11(2)9-15-20-21-17(28-15)19-14(23)6-3-7-22-16(24)13(27-18(22)25)10-12-5-4-8-26-12/h4-5,8,10-11H,3,6-7,9H2,1-2H3,(H,19,21,23)/b13-10+. The molecule has 1 fully saturated rings. The van der Waals surface area contributed by atoms with Gasteiger partial charge >= 0.3 is 0 Å². The second kappa shape index (κ2) is 9.73. The Morgan fingerprint density at radius 2 is 2.21 bits per heavy atom. The van der Waals surface area contributed by atoms with E-state index < -0.39 is 0 Å². The number of hydrogen-bond donors (Lipinski definition) is 1. The average molecular weight is 453 g/mol. The number of amides is 2. The summed E-state index contributed by atoms with van der Waals surface area (Å²) in [7, 11) is 0. The van der Waals surface area contributed by atoms with Crippen molar-refractivity contribution < 1.29 is 9.59 Å². The molecule has 1 saturated heterocycles. The number of nitrogens with one attached hydrogen (secondary N) is 1. The van der Waals surface area contributed by atoms with Crippen LogP contribution in [0.5, 0.6) is 0 Å². The van der Waals surface area contributed by atoms with E-state index in [0.717, 1.165) is 16.3 Å². The fraction of sp³-hybridized carbons (Fsp3) is 0.389.